The monoisotopic (exact) mass is 631 g/mol. The third-order valence-corrected chi connectivity index (χ3v) is 6.83. The molecule has 0 atom stereocenters. The fourth-order valence-electron chi connectivity index (χ4n) is 4.41. The minimum absolute atomic E-state index is 0.217. The molecule has 0 aliphatic heterocycles. The van der Waals surface area contributed by atoms with E-state index in [9.17, 15) is 19.2 Å². The van der Waals surface area contributed by atoms with Crippen molar-refractivity contribution in [3.05, 3.63) is 76.3 Å². The normalized spacial score (nSPS) is 10.9. The number of amides is 3. The molecule has 0 saturated carbocycles. The Hall–Kier alpha value is -4.86. The van der Waals surface area contributed by atoms with E-state index >= 15 is 0 Å². The van der Waals surface area contributed by atoms with E-state index in [1.54, 1.807) is 51.1 Å². The number of rotatable bonds is 14. The molecule has 0 saturated heterocycles. The van der Waals surface area contributed by atoms with E-state index < -0.39 is 23.5 Å². The molecule has 3 N–H and O–H groups in total. The van der Waals surface area contributed by atoms with Crippen LogP contribution in [0.15, 0.2) is 48.5 Å². The highest BCUT2D eigenvalue weighted by Crippen LogP contribution is 2.30. The summed E-state index contributed by atoms with van der Waals surface area (Å²) in [5, 5.41) is 8.52. The van der Waals surface area contributed by atoms with Gasteiger partial charge in [-0.1, -0.05) is 32.8 Å². The van der Waals surface area contributed by atoms with E-state index in [0.717, 1.165) is 36.8 Å². The number of aldehydes is 1. The number of ether oxygens (including phenoxy) is 3. The number of anilines is 3. The molecule has 0 heterocycles. The summed E-state index contributed by atoms with van der Waals surface area (Å²) in [6.45, 7) is 13.9. The highest BCUT2D eigenvalue weighted by molar-refractivity contribution is 6.09. The first-order chi connectivity index (χ1) is 21.8. The molecular formula is C36H45N3O7. The van der Waals surface area contributed by atoms with Gasteiger partial charge < -0.3 is 24.8 Å². The van der Waals surface area contributed by atoms with Gasteiger partial charge in [0.15, 0.2) is 0 Å². The van der Waals surface area contributed by atoms with Crippen molar-refractivity contribution in [2.75, 3.05) is 29.2 Å². The number of unbranched alkanes of at least 4 members (excludes halogenated alkanes) is 2. The number of benzene rings is 3. The highest BCUT2D eigenvalue weighted by Gasteiger charge is 2.21. The van der Waals surface area contributed by atoms with Gasteiger partial charge in [0.25, 0.3) is 11.8 Å². The minimum Gasteiger partial charge on any atom is -0.493 e. The second-order valence-corrected chi connectivity index (χ2v) is 12.0. The van der Waals surface area contributed by atoms with Crippen molar-refractivity contribution in [1.29, 1.82) is 0 Å². The van der Waals surface area contributed by atoms with Gasteiger partial charge in [0.05, 0.1) is 24.3 Å². The van der Waals surface area contributed by atoms with Gasteiger partial charge in [0.1, 0.15) is 23.4 Å². The molecule has 3 amide bonds. The molecule has 10 nitrogen and oxygen atoms in total. The predicted molar refractivity (Wildman–Crippen MR) is 181 cm³/mol. The van der Waals surface area contributed by atoms with Crippen LogP contribution in [0, 0.1) is 13.8 Å². The van der Waals surface area contributed by atoms with E-state index in [2.05, 4.69) is 16.0 Å². The van der Waals surface area contributed by atoms with Crippen LogP contribution in [0.25, 0.3) is 0 Å². The first kappa shape index (κ1) is 35.6. The van der Waals surface area contributed by atoms with Crippen LogP contribution in [0.4, 0.5) is 21.9 Å². The summed E-state index contributed by atoms with van der Waals surface area (Å²) in [5.41, 5.74) is 2.96. The van der Waals surface area contributed by atoms with E-state index in [1.165, 1.54) is 12.1 Å². The zero-order valence-corrected chi connectivity index (χ0v) is 27.8. The summed E-state index contributed by atoms with van der Waals surface area (Å²) < 4.78 is 17.1. The number of hydrogen-bond donors (Lipinski definition) is 3. The summed E-state index contributed by atoms with van der Waals surface area (Å²) in [6, 6.07) is 13.1. The Labute approximate surface area is 271 Å². The number of hydrogen-bond acceptors (Lipinski definition) is 7. The Kier molecular flexibility index (Phi) is 12.7. The van der Waals surface area contributed by atoms with Gasteiger partial charge in [-0.3, -0.25) is 19.7 Å². The molecule has 0 aliphatic rings. The van der Waals surface area contributed by atoms with Crippen molar-refractivity contribution < 1.29 is 33.4 Å². The fraction of sp³-hybridized carbons (Fsp3) is 0.389. The molecule has 0 aliphatic carbocycles. The Morgan fingerprint density at radius 2 is 1.24 bits per heavy atom. The van der Waals surface area contributed by atoms with Crippen LogP contribution in [0.2, 0.25) is 0 Å². The van der Waals surface area contributed by atoms with Crippen molar-refractivity contribution in [2.24, 2.45) is 0 Å². The van der Waals surface area contributed by atoms with E-state index in [4.69, 9.17) is 14.2 Å². The maximum atomic E-state index is 13.7. The molecule has 46 heavy (non-hydrogen) atoms. The lowest BCUT2D eigenvalue weighted by Crippen LogP contribution is -2.27. The summed E-state index contributed by atoms with van der Waals surface area (Å²) >= 11 is 0. The molecular weight excluding hydrogens is 586 g/mol. The Morgan fingerprint density at radius 3 is 1.74 bits per heavy atom. The SMILES string of the molecule is CCCCOc1ccc(C=O)cc1C(=O)Nc1cc(NC(=O)c2cc(NC(=O)OC(C)(C)C)ccc2OCCCC)c(C)cc1C. The van der Waals surface area contributed by atoms with Gasteiger partial charge in [0.2, 0.25) is 0 Å². The van der Waals surface area contributed by atoms with E-state index in [-0.39, 0.29) is 11.1 Å². The van der Waals surface area contributed by atoms with Gasteiger partial charge in [-0.15, -0.1) is 0 Å². The molecule has 0 spiro atoms. The largest absolute Gasteiger partial charge is 0.493 e. The first-order valence-corrected chi connectivity index (χ1v) is 15.6. The smallest absolute Gasteiger partial charge is 0.412 e. The summed E-state index contributed by atoms with van der Waals surface area (Å²) in [6.07, 6.45) is 3.51. The molecule has 10 heteroatoms. The fourth-order valence-corrected chi connectivity index (χ4v) is 4.41. The Balaban J connectivity index is 1.90. The molecule has 246 valence electrons. The maximum absolute atomic E-state index is 13.7. The topological polar surface area (TPSA) is 132 Å². The molecule has 0 fully saturated rings. The predicted octanol–water partition coefficient (Wildman–Crippen LogP) is 8.33. The van der Waals surface area contributed by atoms with Crippen molar-refractivity contribution in [3.8, 4) is 11.5 Å². The van der Waals surface area contributed by atoms with Gasteiger partial charge in [0, 0.05) is 22.6 Å². The number of carbonyl (C=O) groups excluding carboxylic acids is 4. The van der Waals surface area contributed by atoms with Gasteiger partial charge in [-0.2, -0.15) is 0 Å². The lowest BCUT2D eigenvalue weighted by molar-refractivity contribution is 0.0635. The number of nitrogens with one attached hydrogen (secondary N) is 3. The Bertz CT molecular complexity index is 1560. The van der Waals surface area contributed by atoms with Crippen LogP contribution in [-0.4, -0.2) is 43.0 Å². The van der Waals surface area contributed by atoms with Gasteiger partial charge >= 0.3 is 6.09 Å². The maximum Gasteiger partial charge on any atom is 0.412 e. The quantitative estimate of drug-likeness (QED) is 0.120. The van der Waals surface area contributed by atoms with E-state index in [1.807, 2.05) is 33.8 Å². The van der Waals surface area contributed by atoms with Crippen molar-refractivity contribution in [1.82, 2.24) is 0 Å². The standard InChI is InChI=1S/C36H45N3O7/c1-8-10-16-44-31-14-12-25(22-40)19-27(31)33(41)38-29-21-30(24(4)18-23(29)3)39-34(42)28-20-26(37-35(43)46-36(5,6)7)13-15-32(28)45-17-11-9-2/h12-15,18-22H,8-11,16-17H2,1-7H3,(H,37,43)(H,38,41)(H,39,42). The average molecular weight is 632 g/mol. The zero-order chi connectivity index (χ0) is 33.9. The third-order valence-electron chi connectivity index (χ3n) is 6.83. The second-order valence-electron chi connectivity index (χ2n) is 12.0. The van der Waals surface area contributed by atoms with Crippen LogP contribution < -0.4 is 25.4 Å². The average Bonchev–Trinajstić information content (AvgIpc) is 2.99. The van der Waals surface area contributed by atoms with Crippen LogP contribution in [0.1, 0.15) is 103 Å². The molecule has 0 bridgehead atoms. The summed E-state index contributed by atoms with van der Waals surface area (Å²) in [4.78, 5) is 51.0. The van der Waals surface area contributed by atoms with E-state index in [0.29, 0.717) is 53.6 Å². The molecule has 0 unspecified atom stereocenters. The third kappa shape index (κ3) is 10.4. The number of carbonyl (C=O) groups is 4. The number of aryl methyl sites for hydroxylation is 2. The lowest BCUT2D eigenvalue weighted by atomic mass is 10.1. The first-order valence-electron chi connectivity index (χ1n) is 15.6. The lowest BCUT2D eigenvalue weighted by Gasteiger charge is -2.20. The Morgan fingerprint density at radius 1 is 0.717 bits per heavy atom. The van der Waals surface area contributed by atoms with Crippen molar-refractivity contribution >= 4 is 41.3 Å². The molecule has 3 aromatic rings. The summed E-state index contributed by atoms with van der Waals surface area (Å²) in [7, 11) is 0. The molecule has 0 aromatic heterocycles. The van der Waals surface area contributed by atoms with Crippen LogP contribution in [0.3, 0.4) is 0 Å². The molecule has 0 radical (unpaired) electrons. The molecule has 3 rings (SSSR count). The van der Waals surface area contributed by atoms with Crippen LogP contribution in [-0.2, 0) is 4.74 Å². The zero-order valence-electron chi connectivity index (χ0n) is 27.8. The van der Waals surface area contributed by atoms with Crippen LogP contribution in [0.5, 0.6) is 11.5 Å². The van der Waals surface area contributed by atoms with Crippen molar-refractivity contribution in [3.63, 3.8) is 0 Å². The highest BCUT2D eigenvalue weighted by atomic mass is 16.6. The van der Waals surface area contributed by atoms with Gasteiger partial charge in [-0.05, 0) is 101 Å². The van der Waals surface area contributed by atoms with Crippen LogP contribution >= 0.6 is 0 Å². The second kappa shape index (κ2) is 16.5. The van der Waals surface area contributed by atoms with Gasteiger partial charge in [-0.25, -0.2) is 4.79 Å². The minimum atomic E-state index is -0.690. The summed E-state index contributed by atoms with van der Waals surface area (Å²) in [5.74, 6) is -0.171. The van der Waals surface area contributed by atoms with Crippen molar-refractivity contribution in [2.45, 2.75) is 79.8 Å². The molecule has 3 aromatic carbocycles.